The molecule has 3 rings (SSSR count). The molecule has 0 aliphatic rings. The van der Waals surface area contributed by atoms with Gasteiger partial charge in [-0.05, 0) is 24.3 Å². The van der Waals surface area contributed by atoms with Crippen LogP contribution in [0.5, 0.6) is 23.0 Å². The van der Waals surface area contributed by atoms with E-state index in [-0.39, 0.29) is 0 Å². The number of hydrogen-bond acceptors (Lipinski definition) is 5. The van der Waals surface area contributed by atoms with Gasteiger partial charge in [-0.2, -0.15) is 0 Å². The number of rotatable bonds is 5. The molecule has 0 unspecified atom stereocenters. The van der Waals surface area contributed by atoms with Gasteiger partial charge in [0.2, 0.25) is 0 Å². The topological polar surface area (TPSA) is 52.6 Å². The first-order valence-electron chi connectivity index (χ1n) is 7.32. The lowest BCUT2D eigenvalue weighted by Gasteiger charge is -2.13. The summed E-state index contributed by atoms with van der Waals surface area (Å²) < 4.78 is 16.7. The van der Waals surface area contributed by atoms with Gasteiger partial charge in [0.05, 0.1) is 30.4 Å². The van der Waals surface area contributed by atoms with E-state index in [9.17, 15) is 0 Å². The van der Waals surface area contributed by atoms with E-state index in [0.29, 0.717) is 28.0 Å². The molecule has 24 heavy (non-hydrogen) atoms. The quantitative estimate of drug-likeness (QED) is 0.724. The Morgan fingerprint density at radius 1 is 0.958 bits per heavy atom. The number of pyridine rings is 1. The second-order valence-corrected chi connectivity index (χ2v) is 5.43. The van der Waals surface area contributed by atoms with E-state index in [2.05, 4.69) is 10.3 Å². The summed E-state index contributed by atoms with van der Waals surface area (Å²) in [5, 5.41) is 4.43. The fourth-order valence-electron chi connectivity index (χ4n) is 2.43. The minimum atomic E-state index is 0.590. The van der Waals surface area contributed by atoms with Crippen molar-refractivity contribution in [1.29, 1.82) is 0 Å². The molecule has 1 aromatic heterocycles. The first-order valence-corrected chi connectivity index (χ1v) is 7.70. The predicted molar refractivity (Wildman–Crippen MR) is 95.9 cm³/mol. The Kier molecular flexibility index (Phi) is 4.62. The normalized spacial score (nSPS) is 10.5. The number of benzene rings is 2. The number of anilines is 1. The standard InChI is InChI=1S/C18H17ClN2O3/c1-20-14-5-4-11(8-13(14)19)24-16-6-7-21-15-10-18(23-3)17(22-2)9-12(15)16/h4-10,20H,1-3H3. The van der Waals surface area contributed by atoms with Gasteiger partial charge in [-0.15, -0.1) is 0 Å². The van der Waals surface area contributed by atoms with E-state index in [1.165, 1.54) is 0 Å². The summed E-state index contributed by atoms with van der Waals surface area (Å²) in [6, 6.07) is 10.9. The minimum absolute atomic E-state index is 0.590. The molecule has 124 valence electrons. The van der Waals surface area contributed by atoms with E-state index in [4.69, 9.17) is 25.8 Å². The monoisotopic (exact) mass is 344 g/mol. The maximum atomic E-state index is 6.21. The van der Waals surface area contributed by atoms with Crippen molar-refractivity contribution in [2.24, 2.45) is 0 Å². The molecule has 0 atom stereocenters. The molecular formula is C18H17ClN2O3. The summed E-state index contributed by atoms with van der Waals surface area (Å²) in [5.41, 5.74) is 1.60. The molecule has 0 spiro atoms. The fraction of sp³-hybridized carbons (Fsp3) is 0.167. The summed E-state index contributed by atoms with van der Waals surface area (Å²) in [5.74, 6) is 2.54. The number of aromatic nitrogens is 1. The lowest BCUT2D eigenvalue weighted by atomic mass is 10.2. The van der Waals surface area contributed by atoms with Crippen LogP contribution in [0.1, 0.15) is 0 Å². The second kappa shape index (κ2) is 6.84. The first-order chi connectivity index (χ1) is 11.7. The molecule has 0 saturated heterocycles. The van der Waals surface area contributed by atoms with Crippen molar-refractivity contribution >= 4 is 28.2 Å². The Labute approximate surface area is 145 Å². The highest BCUT2D eigenvalue weighted by molar-refractivity contribution is 6.33. The molecule has 1 N–H and O–H groups in total. The van der Waals surface area contributed by atoms with Crippen molar-refractivity contribution in [2.45, 2.75) is 0 Å². The van der Waals surface area contributed by atoms with Crippen molar-refractivity contribution in [2.75, 3.05) is 26.6 Å². The molecule has 1 heterocycles. The number of nitrogens with zero attached hydrogens (tertiary/aromatic N) is 1. The summed E-state index contributed by atoms with van der Waals surface area (Å²) in [6.45, 7) is 0. The van der Waals surface area contributed by atoms with E-state index in [1.54, 1.807) is 32.5 Å². The first kappa shape index (κ1) is 16.2. The minimum Gasteiger partial charge on any atom is -0.493 e. The summed E-state index contributed by atoms with van der Waals surface area (Å²) in [7, 11) is 5.00. The molecule has 0 amide bonds. The molecule has 0 aliphatic heterocycles. The maximum absolute atomic E-state index is 6.21. The van der Waals surface area contributed by atoms with Crippen LogP contribution in [0.3, 0.4) is 0 Å². The Balaban J connectivity index is 2.04. The molecular weight excluding hydrogens is 328 g/mol. The van der Waals surface area contributed by atoms with Crippen LogP contribution < -0.4 is 19.5 Å². The third-order valence-electron chi connectivity index (χ3n) is 3.64. The van der Waals surface area contributed by atoms with Crippen LogP contribution in [-0.4, -0.2) is 26.3 Å². The van der Waals surface area contributed by atoms with E-state index in [1.807, 2.05) is 31.3 Å². The van der Waals surface area contributed by atoms with Crippen molar-refractivity contribution in [1.82, 2.24) is 4.98 Å². The molecule has 0 bridgehead atoms. The largest absolute Gasteiger partial charge is 0.493 e. The van der Waals surface area contributed by atoms with Gasteiger partial charge in [0.15, 0.2) is 11.5 Å². The summed E-state index contributed by atoms with van der Waals surface area (Å²) >= 11 is 6.21. The Morgan fingerprint density at radius 2 is 1.71 bits per heavy atom. The average Bonchev–Trinajstić information content (AvgIpc) is 2.61. The molecule has 3 aromatic rings. The van der Waals surface area contributed by atoms with Crippen LogP contribution in [0.2, 0.25) is 5.02 Å². The smallest absolute Gasteiger partial charge is 0.162 e. The van der Waals surface area contributed by atoms with Crippen LogP contribution in [0.15, 0.2) is 42.6 Å². The van der Waals surface area contributed by atoms with Crippen LogP contribution in [0.4, 0.5) is 5.69 Å². The van der Waals surface area contributed by atoms with Crippen LogP contribution in [0.25, 0.3) is 10.9 Å². The number of ether oxygens (including phenoxy) is 3. The van der Waals surface area contributed by atoms with Gasteiger partial charge in [-0.3, -0.25) is 4.98 Å². The number of halogens is 1. The highest BCUT2D eigenvalue weighted by atomic mass is 35.5. The third kappa shape index (κ3) is 3.03. The highest BCUT2D eigenvalue weighted by Crippen LogP contribution is 2.37. The number of hydrogen-bond donors (Lipinski definition) is 1. The average molecular weight is 345 g/mol. The zero-order valence-electron chi connectivity index (χ0n) is 13.6. The van der Waals surface area contributed by atoms with Gasteiger partial charge in [-0.25, -0.2) is 0 Å². The predicted octanol–water partition coefficient (Wildman–Crippen LogP) is 4.74. The van der Waals surface area contributed by atoms with Crippen molar-refractivity contribution in [3.8, 4) is 23.0 Å². The van der Waals surface area contributed by atoms with E-state index in [0.717, 1.165) is 16.6 Å². The molecule has 0 fully saturated rings. The van der Waals surface area contributed by atoms with Crippen LogP contribution in [-0.2, 0) is 0 Å². The van der Waals surface area contributed by atoms with Crippen molar-refractivity contribution in [3.05, 3.63) is 47.6 Å². The third-order valence-corrected chi connectivity index (χ3v) is 3.96. The Morgan fingerprint density at radius 3 is 2.38 bits per heavy atom. The highest BCUT2D eigenvalue weighted by Gasteiger charge is 2.11. The van der Waals surface area contributed by atoms with Gasteiger partial charge in [0, 0.05) is 30.8 Å². The molecule has 0 aliphatic carbocycles. The van der Waals surface area contributed by atoms with Crippen LogP contribution >= 0.6 is 11.6 Å². The Bertz CT molecular complexity index is 884. The summed E-state index contributed by atoms with van der Waals surface area (Å²) in [4.78, 5) is 4.36. The fourth-order valence-corrected chi connectivity index (χ4v) is 2.69. The van der Waals surface area contributed by atoms with Crippen molar-refractivity contribution < 1.29 is 14.2 Å². The summed E-state index contributed by atoms with van der Waals surface area (Å²) in [6.07, 6.45) is 1.69. The molecule has 0 radical (unpaired) electrons. The van der Waals surface area contributed by atoms with E-state index < -0.39 is 0 Å². The molecule has 6 heteroatoms. The second-order valence-electron chi connectivity index (χ2n) is 5.03. The van der Waals surface area contributed by atoms with Gasteiger partial charge in [-0.1, -0.05) is 11.6 Å². The zero-order valence-corrected chi connectivity index (χ0v) is 14.3. The molecule has 2 aromatic carbocycles. The molecule has 5 nitrogen and oxygen atoms in total. The van der Waals surface area contributed by atoms with Crippen molar-refractivity contribution in [3.63, 3.8) is 0 Å². The maximum Gasteiger partial charge on any atom is 0.162 e. The SMILES string of the molecule is CNc1ccc(Oc2ccnc3cc(OC)c(OC)cc23)cc1Cl. The van der Waals surface area contributed by atoms with Gasteiger partial charge < -0.3 is 19.5 Å². The number of fused-ring (bicyclic) bond motifs is 1. The van der Waals surface area contributed by atoms with E-state index >= 15 is 0 Å². The van der Waals surface area contributed by atoms with Gasteiger partial charge >= 0.3 is 0 Å². The lowest BCUT2D eigenvalue weighted by Crippen LogP contribution is -1.94. The van der Waals surface area contributed by atoms with Gasteiger partial charge in [0.25, 0.3) is 0 Å². The van der Waals surface area contributed by atoms with Crippen LogP contribution in [0, 0.1) is 0 Å². The lowest BCUT2D eigenvalue weighted by molar-refractivity contribution is 0.355. The Hall–Kier alpha value is -2.66. The zero-order chi connectivity index (χ0) is 17.1. The van der Waals surface area contributed by atoms with Gasteiger partial charge in [0.1, 0.15) is 11.5 Å². The number of methoxy groups -OCH3 is 2. The molecule has 0 saturated carbocycles. The number of nitrogens with one attached hydrogen (secondary N) is 1.